The van der Waals surface area contributed by atoms with Crippen molar-refractivity contribution < 1.29 is 5.11 Å². The van der Waals surface area contributed by atoms with Crippen LogP contribution in [0, 0.1) is 0 Å². The molecule has 3 rings (SSSR count). The van der Waals surface area contributed by atoms with Gasteiger partial charge in [0.05, 0.1) is 10.7 Å². The number of aromatic nitrogens is 2. The molecule has 0 amide bonds. The number of halogens is 1. The highest BCUT2D eigenvalue weighted by Crippen LogP contribution is 2.24. The Labute approximate surface area is 164 Å². The first-order valence-corrected chi connectivity index (χ1v) is 9.38. The normalized spacial score (nSPS) is 10.7. The molecular weight excluding hydrogens is 360 g/mol. The molecule has 0 bridgehead atoms. The van der Waals surface area contributed by atoms with Crippen LogP contribution >= 0.6 is 11.6 Å². The summed E-state index contributed by atoms with van der Waals surface area (Å²) in [6.07, 6.45) is 2.52. The minimum atomic E-state index is 0.0979. The lowest BCUT2D eigenvalue weighted by Crippen LogP contribution is -2.11. The zero-order valence-electron chi connectivity index (χ0n) is 15.2. The molecule has 1 heterocycles. The Morgan fingerprint density at radius 3 is 2.78 bits per heavy atom. The van der Waals surface area contributed by atoms with Gasteiger partial charge in [-0.25, -0.2) is 9.97 Å². The second-order valence-corrected chi connectivity index (χ2v) is 6.62. The highest BCUT2D eigenvalue weighted by molar-refractivity contribution is 6.32. The van der Waals surface area contributed by atoms with Gasteiger partial charge in [0.15, 0.2) is 0 Å². The first kappa shape index (κ1) is 19.1. The molecule has 0 fully saturated rings. The Morgan fingerprint density at radius 2 is 1.96 bits per heavy atom. The molecule has 140 valence electrons. The molecule has 3 aromatic rings. The molecule has 0 aliphatic rings. The second kappa shape index (κ2) is 9.35. The number of phenols is 1. The van der Waals surface area contributed by atoms with Crippen LogP contribution in [0.5, 0.6) is 5.75 Å². The van der Waals surface area contributed by atoms with Crippen LogP contribution in [-0.2, 0) is 13.0 Å². The lowest BCUT2D eigenvalue weighted by molar-refractivity contribution is 0.475. The topological polar surface area (TPSA) is 70.1 Å². The predicted molar refractivity (Wildman–Crippen MR) is 110 cm³/mol. The minimum absolute atomic E-state index is 0.0979. The van der Waals surface area contributed by atoms with Gasteiger partial charge >= 0.3 is 0 Å². The zero-order valence-corrected chi connectivity index (χ0v) is 16.0. The van der Waals surface area contributed by atoms with Gasteiger partial charge in [-0.15, -0.1) is 0 Å². The van der Waals surface area contributed by atoms with Crippen molar-refractivity contribution in [3.05, 3.63) is 70.9 Å². The fourth-order valence-electron chi connectivity index (χ4n) is 2.74. The van der Waals surface area contributed by atoms with Crippen LogP contribution in [0.2, 0.25) is 5.02 Å². The van der Waals surface area contributed by atoms with Gasteiger partial charge in [0, 0.05) is 24.8 Å². The summed E-state index contributed by atoms with van der Waals surface area (Å²) in [5, 5.41) is 16.4. The first-order valence-electron chi connectivity index (χ1n) is 9.00. The first-order chi connectivity index (χ1) is 13.2. The van der Waals surface area contributed by atoms with Gasteiger partial charge in [-0.3, -0.25) is 0 Å². The third-order valence-corrected chi connectivity index (χ3v) is 4.47. The van der Waals surface area contributed by atoms with Crippen molar-refractivity contribution in [2.24, 2.45) is 0 Å². The van der Waals surface area contributed by atoms with Gasteiger partial charge in [-0.1, -0.05) is 42.8 Å². The highest BCUT2D eigenvalue weighted by Gasteiger charge is 2.04. The van der Waals surface area contributed by atoms with Crippen molar-refractivity contribution in [2.75, 3.05) is 18.4 Å². The molecule has 5 nitrogen and oxygen atoms in total. The number of rotatable bonds is 8. The number of nitrogens with zero attached hydrogens (tertiary/aromatic N) is 2. The van der Waals surface area contributed by atoms with Crippen LogP contribution in [0.25, 0.3) is 11.3 Å². The molecule has 0 saturated heterocycles. The summed E-state index contributed by atoms with van der Waals surface area (Å²) < 4.78 is 0. The molecule has 6 heteroatoms. The Hall–Kier alpha value is -2.63. The lowest BCUT2D eigenvalue weighted by Gasteiger charge is -2.09. The van der Waals surface area contributed by atoms with Crippen LogP contribution in [-0.4, -0.2) is 28.2 Å². The van der Waals surface area contributed by atoms with Gasteiger partial charge in [-0.2, -0.15) is 0 Å². The molecule has 2 aromatic carbocycles. The van der Waals surface area contributed by atoms with Gasteiger partial charge < -0.3 is 15.7 Å². The summed E-state index contributed by atoms with van der Waals surface area (Å²) >= 11 is 5.94. The summed E-state index contributed by atoms with van der Waals surface area (Å²) in [5.74, 6) is 0.690. The average molecular weight is 383 g/mol. The average Bonchev–Trinajstić information content (AvgIpc) is 2.69. The summed E-state index contributed by atoms with van der Waals surface area (Å²) in [4.78, 5) is 8.92. The van der Waals surface area contributed by atoms with Crippen molar-refractivity contribution in [3.8, 4) is 17.0 Å². The largest absolute Gasteiger partial charge is 0.506 e. The van der Waals surface area contributed by atoms with E-state index in [4.69, 9.17) is 11.6 Å². The van der Waals surface area contributed by atoms with Crippen LogP contribution in [0.15, 0.2) is 54.7 Å². The maximum absolute atomic E-state index is 9.48. The summed E-state index contributed by atoms with van der Waals surface area (Å²) in [5.41, 5.74) is 4.23. The summed E-state index contributed by atoms with van der Waals surface area (Å²) in [6.45, 7) is 4.55. The number of benzene rings is 2. The lowest BCUT2D eigenvalue weighted by atomic mass is 10.1. The van der Waals surface area contributed by atoms with Crippen LogP contribution in [0.4, 0.5) is 5.95 Å². The fourth-order valence-corrected chi connectivity index (χ4v) is 2.94. The SMILES string of the molecule is CCNCc1cccc(-c2ccnc(NCCc3ccc(O)c(Cl)c3)n2)c1. The number of aromatic hydroxyl groups is 1. The van der Waals surface area contributed by atoms with Crippen LogP contribution < -0.4 is 10.6 Å². The Balaban J connectivity index is 1.64. The van der Waals surface area contributed by atoms with E-state index in [0.29, 0.717) is 17.5 Å². The van der Waals surface area contributed by atoms with E-state index in [-0.39, 0.29) is 5.75 Å². The van der Waals surface area contributed by atoms with Gasteiger partial charge in [0.1, 0.15) is 5.75 Å². The van der Waals surface area contributed by atoms with Crippen LogP contribution in [0.1, 0.15) is 18.1 Å². The number of hydrogen-bond donors (Lipinski definition) is 3. The third kappa shape index (κ3) is 5.42. The summed E-state index contributed by atoms with van der Waals surface area (Å²) in [6, 6.07) is 15.5. The maximum atomic E-state index is 9.48. The highest BCUT2D eigenvalue weighted by atomic mass is 35.5. The molecule has 0 aliphatic heterocycles. The van der Waals surface area contributed by atoms with E-state index in [1.54, 1.807) is 18.3 Å². The number of hydrogen-bond acceptors (Lipinski definition) is 5. The zero-order chi connectivity index (χ0) is 19.1. The molecule has 0 atom stereocenters. The monoisotopic (exact) mass is 382 g/mol. The molecule has 0 radical (unpaired) electrons. The molecule has 0 aliphatic carbocycles. The third-order valence-electron chi connectivity index (χ3n) is 4.17. The van der Waals surface area contributed by atoms with E-state index in [2.05, 4.69) is 45.7 Å². The van der Waals surface area contributed by atoms with E-state index >= 15 is 0 Å². The number of nitrogens with one attached hydrogen (secondary N) is 2. The van der Waals surface area contributed by atoms with E-state index in [1.807, 2.05) is 18.2 Å². The minimum Gasteiger partial charge on any atom is -0.506 e. The standard InChI is InChI=1S/C21H23ClN4O/c1-2-23-14-16-4-3-5-17(12-16)19-9-11-25-21(26-19)24-10-8-15-6-7-20(27)18(22)13-15/h3-7,9,11-13,23,27H,2,8,10,14H2,1H3,(H,24,25,26). The smallest absolute Gasteiger partial charge is 0.223 e. The molecular formula is C21H23ClN4O. The van der Waals surface area contributed by atoms with Crippen molar-refractivity contribution in [3.63, 3.8) is 0 Å². The van der Waals surface area contributed by atoms with E-state index < -0.39 is 0 Å². The molecule has 1 aromatic heterocycles. The molecule has 0 spiro atoms. The van der Waals surface area contributed by atoms with E-state index in [0.717, 1.165) is 36.3 Å². The van der Waals surface area contributed by atoms with Crippen molar-refractivity contribution in [2.45, 2.75) is 19.9 Å². The summed E-state index contributed by atoms with van der Waals surface area (Å²) in [7, 11) is 0. The molecule has 0 saturated carbocycles. The van der Waals surface area contributed by atoms with Gasteiger partial charge in [0.25, 0.3) is 0 Å². The Morgan fingerprint density at radius 1 is 1.07 bits per heavy atom. The van der Waals surface area contributed by atoms with E-state index in [1.165, 1.54) is 5.56 Å². The maximum Gasteiger partial charge on any atom is 0.223 e. The van der Waals surface area contributed by atoms with Crippen LogP contribution in [0.3, 0.4) is 0 Å². The quantitative estimate of drug-likeness (QED) is 0.542. The Bertz CT molecular complexity index is 901. The number of anilines is 1. The van der Waals surface area contributed by atoms with Crippen molar-refractivity contribution in [1.29, 1.82) is 0 Å². The molecule has 3 N–H and O–H groups in total. The van der Waals surface area contributed by atoms with Gasteiger partial charge in [0.2, 0.25) is 5.95 Å². The molecule has 27 heavy (non-hydrogen) atoms. The number of phenolic OH excluding ortho intramolecular Hbond substituents is 1. The fraction of sp³-hybridized carbons (Fsp3) is 0.238. The van der Waals surface area contributed by atoms with Gasteiger partial charge in [-0.05, 0) is 48.4 Å². The van der Waals surface area contributed by atoms with Crippen molar-refractivity contribution >= 4 is 17.5 Å². The Kier molecular flexibility index (Phi) is 6.63. The predicted octanol–water partition coefficient (Wildman–Crippen LogP) is 4.27. The second-order valence-electron chi connectivity index (χ2n) is 6.21. The molecule has 0 unspecified atom stereocenters. The van der Waals surface area contributed by atoms with E-state index in [9.17, 15) is 5.11 Å². The van der Waals surface area contributed by atoms with Crippen molar-refractivity contribution in [1.82, 2.24) is 15.3 Å².